The number of carbonyl (C=O) groups is 12. The second kappa shape index (κ2) is 46.7. The summed E-state index contributed by atoms with van der Waals surface area (Å²) in [6.07, 6.45) is 1.71. The molecule has 8 rings (SSSR count). The van der Waals surface area contributed by atoms with E-state index in [0.29, 0.717) is 43.7 Å². The maximum absolute atomic E-state index is 14.1. The lowest BCUT2D eigenvalue weighted by Crippen LogP contribution is -2.29. The Bertz CT molecular complexity index is 5080. The van der Waals surface area contributed by atoms with Crippen molar-refractivity contribution in [3.8, 4) is 46.0 Å². The van der Waals surface area contributed by atoms with Crippen LogP contribution >= 0.6 is 0 Å². The number of rotatable bonds is 51. The van der Waals surface area contributed by atoms with Crippen LogP contribution < -0.4 is 104 Å². The van der Waals surface area contributed by atoms with Crippen molar-refractivity contribution in [2.75, 3.05) is 79.0 Å². The standard InChI is InChI=1S/C76H86N20O25/c77-5-1-9-114-49-13-41(29-81)89-57(21-49)69(105)82-33-45-17-53(118-37-65(97)98)25-61(93-45)73(109)83-30-42-14-50(115-10-2-6-78)22-58(90-42)70(106)86-34-46-18-54(119-38-66(99)100)26-62(94-46)74(110)84-31-43-15-51(116-11-3-7-79)23-59(91-43)71(107)87-35-47-19-55(120-39-67(101)102)27-63(95-47)75(111)85-32-44-16-52(117-12-4-8-80)24-60(92-44)72(108)88-36-48-20-56(121-40-68(103)104)28-64(96-48)76(112)113/h13-28H,1-12,29-40,77-81H2,(H,82,105)(H,83,109)(H,84,110)(H,85,111)(H,86,106)(H,87,107)(H,88,108)(H,97,98)(H,99,100)(H,101,102)(H,103,104)(H,112,113). The first-order valence-electron chi connectivity index (χ1n) is 36.8. The molecule has 121 heavy (non-hydrogen) atoms. The van der Waals surface area contributed by atoms with E-state index in [-0.39, 0.29) is 199 Å². The first-order valence-corrected chi connectivity index (χ1v) is 36.8. The fraction of sp³-hybridized carbons (Fsp3) is 0.316. The van der Waals surface area contributed by atoms with Gasteiger partial charge in [0.05, 0.1) is 118 Å². The van der Waals surface area contributed by atoms with Crippen LogP contribution in [0.1, 0.15) is 155 Å². The molecule has 0 aliphatic heterocycles. The molecule has 0 unspecified atom stereocenters. The monoisotopic (exact) mass is 1680 g/mol. The highest BCUT2D eigenvalue weighted by molar-refractivity contribution is 5.97. The molecule has 640 valence electrons. The van der Waals surface area contributed by atoms with Gasteiger partial charge in [-0.3, -0.25) is 33.6 Å². The second-order valence-electron chi connectivity index (χ2n) is 25.4. The number of nitrogens with one attached hydrogen (secondary N) is 7. The van der Waals surface area contributed by atoms with Gasteiger partial charge < -0.3 is 129 Å². The fourth-order valence-corrected chi connectivity index (χ4v) is 10.3. The quantitative estimate of drug-likeness (QED) is 0.0209. The van der Waals surface area contributed by atoms with E-state index in [9.17, 15) is 78.0 Å². The predicted molar refractivity (Wildman–Crippen MR) is 416 cm³/mol. The molecule has 0 radical (unpaired) electrons. The Hall–Kier alpha value is -15.0. The number of nitrogens with zero attached hydrogens (tertiary/aromatic N) is 8. The Labute approximate surface area is 686 Å². The van der Waals surface area contributed by atoms with Crippen molar-refractivity contribution in [2.24, 2.45) is 28.7 Å². The van der Waals surface area contributed by atoms with Crippen molar-refractivity contribution in [3.63, 3.8) is 0 Å². The largest absolute Gasteiger partial charge is 0.493 e. The number of aromatic nitrogens is 8. The first-order chi connectivity index (χ1) is 58.1. The molecule has 0 aliphatic carbocycles. The molecule has 0 saturated heterocycles. The lowest BCUT2D eigenvalue weighted by molar-refractivity contribution is -0.140. The van der Waals surface area contributed by atoms with Gasteiger partial charge in [0.2, 0.25) is 0 Å². The van der Waals surface area contributed by atoms with Crippen LogP contribution in [0.5, 0.6) is 46.0 Å². The average Bonchev–Trinajstić information content (AvgIpc) is 0.831. The van der Waals surface area contributed by atoms with Gasteiger partial charge in [-0.25, -0.2) is 63.8 Å². The predicted octanol–water partition coefficient (Wildman–Crippen LogP) is -0.723. The van der Waals surface area contributed by atoms with E-state index in [0.717, 1.165) is 18.2 Å². The summed E-state index contributed by atoms with van der Waals surface area (Å²) in [4.78, 5) is 189. The van der Waals surface area contributed by atoms with E-state index in [2.05, 4.69) is 77.1 Å². The number of carboxylic acids is 5. The van der Waals surface area contributed by atoms with Crippen molar-refractivity contribution in [2.45, 2.75) is 78.0 Å². The number of pyridine rings is 8. The van der Waals surface area contributed by atoms with Crippen LogP contribution in [-0.2, 0) is 71.5 Å². The minimum atomic E-state index is -1.46. The number of ether oxygens (including phenoxy) is 8. The van der Waals surface area contributed by atoms with E-state index >= 15 is 0 Å². The number of carbonyl (C=O) groups excluding carboxylic acids is 7. The molecule has 0 aromatic carbocycles. The Morgan fingerprint density at radius 2 is 0.405 bits per heavy atom. The van der Waals surface area contributed by atoms with Gasteiger partial charge in [0.25, 0.3) is 41.4 Å². The zero-order chi connectivity index (χ0) is 87.3. The topological polar surface area (TPSA) is 697 Å². The lowest BCUT2D eigenvalue weighted by atomic mass is 10.2. The Morgan fingerprint density at radius 3 is 0.579 bits per heavy atom. The highest BCUT2D eigenvalue weighted by atomic mass is 16.5. The lowest BCUT2D eigenvalue weighted by Gasteiger charge is -2.14. The summed E-state index contributed by atoms with van der Waals surface area (Å²) in [5.74, 6) is -12.6. The van der Waals surface area contributed by atoms with Crippen molar-refractivity contribution < 1.29 is 121 Å². The fourth-order valence-electron chi connectivity index (χ4n) is 10.3. The van der Waals surface area contributed by atoms with E-state index in [1.54, 1.807) is 6.07 Å². The molecule has 45 heteroatoms. The van der Waals surface area contributed by atoms with Gasteiger partial charge >= 0.3 is 29.8 Å². The first kappa shape index (κ1) is 91.6. The molecule has 0 bridgehead atoms. The summed E-state index contributed by atoms with van der Waals surface area (Å²) in [5.41, 5.74) is 26.7. The SMILES string of the molecule is NCCCOc1cc(CN)nc(C(=O)NCc2cc(OCC(=O)O)cc(C(=O)NCc3cc(OCCCN)cc(C(=O)NCc4cc(OCC(=O)O)cc(C(=O)NCc5cc(OCCCN)cc(C(=O)NCc6cc(OCC(=O)O)cc(C(=O)NCc7cc(OCCCN)cc(C(=O)NCc8cc(OCC(=O)O)cc(C(=O)O)n8)n7)n6)n5)n4)n3)n2)c1. The number of nitrogens with two attached hydrogens (primary N) is 5. The van der Waals surface area contributed by atoms with E-state index < -0.39 is 123 Å². The summed E-state index contributed by atoms with van der Waals surface area (Å²) < 4.78 is 44.7. The van der Waals surface area contributed by atoms with Crippen molar-refractivity contribution >= 4 is 71.2 Å². The zero-order valence-corrected chi connectivity index (χ0v) is 64.6. The molecule has 0 atom stereocenters. The Balaban J connectivity index is 0.947. The minimum absolute atomic E-state index is 0.0123. The molecule has 0 saturated carbocycles. The third-order valence-electron chi connectivity index (χ3n) is 15.8. The molecule has 22 N–H and O–H groups in total. The highest BCUT2D eigenvalue weighted by Gasteiger charge is 2.24. The number of hydrogen-bond donors (Lipinski definition) is 17. The van der Waals surface area contributed by atoms with Crippen LogP contribution in [0.15, 0.2) is 97.1 Å². The van der Waals surface area contributed by atoms with Crippen molar-refractivity contribution in [3.05, 3.63) is 188 Å². The Morgan fingerprint density at radius 1 is 0.240 bits per heavy atom. The Kier molecular flexibility index (Phi) is 35.3. The maximum atomic E-state index is 14.1. The molecular formula is C76H86N20O25. The van der Waals surface area contributed by atoms with E-state index in [1.165, 1.54) is 72.8 Å². The minimum Gasteiger partial charge on any atom is -0.493 e. The summed E-state index contributed by atoms with van der Waals surface area (Å²) >= 11 is 0. The van der Waals surface area contributed by atoms with Crippen molar-refractivity contribution in [1.29, 1.82) is 0 Å². The van der Waals surface area contributed by atoms with Gasteiger partial charge in [0, 0.05) is 104 Å². The molecule has 0 aliphatic rings. The third kappa shape index (κ3) is 30.9. The van der Waals surface area contributed by atoms with Gasteiger partial charge in [-0.1, -0.05) is 0 Å². The molecule has 8 aromatic rings. The molecule has 0 spiro atoms. The van der Waals surface area contributed by atoms with Gasteiger partial charge in [-0.2, -0.15) is 0 Å². The van der Waals surface area contributed by atoms with Crippen LogP contribution in [0.4, 0.5) is 0 Å². The second-order valence-corrected chi connectivity index (χ2v) is 25.4. The average molecular weight is 1680 g/mol. The van der Waals surface area contributed by atoms with Crippen LogP contribution in [0, 0.1) is 0 Å². The summed E-state index contributed by atoms with van der Waals surface area (Å²) in [7, 11) is 0. The molecule has 8 aromatic heterocycles. The van der Waals surface area contributed by atoms with Crippen LogP contribution in [0.25, 0.3) is 0 Å². The maximum Gasteiger partial charge on any atom is 0.354 e. The summed E-state index contributed by atoms with van der Waals surface area (Å²) in [5, 5.41) is 65.4. The van der Waals surface area contributed by atoms with Crippen LogP contribution in [-0.4, -0.2) is 216 Å². The highest BCUT2D eigenvalue weighted by Crippen LogP contribution is 2.24. The number of amides is 7. The van der Waals surface area contributed by atoms with Crippen LogP contribution in [0.3, 0.4) is 0 Å². The molecule has 7 amide bonds. The molecular weight excluding hydrogens is 1590 g/mol. The van der Waals surface area contributed by atoms with Gasteiger partial charge in [-0.15, -0.1) is 0 Å². The number of aliphatic carboxylic acids is 4. The van der Waals surface area contributed by atoms with E-state index in [1.807, 2.05) is 0 Å². The number of aromatic carboxylic acids is 1. The molecule has 45 nitrogen and oxygen atoms in total. The summed E-state index contributed by atoms with van der Waals surface area (Å²) in [6.45, 7) is -4.48. The molecule has 8 heterocycles. The smallest absolute Gasteiger partial charge is 0.354 e. The zero-order valence-electron chi connectivity index (χ0n) is 64.6. The number of carboxylic acid groups (broad SMARTS) is 5. The third-order valence-corrected chi connectivity index (χ3v) is 15.8. The summed E-state index contributed by atoms with van der Waals surface area (Å²) in [6, 6.07) is 20.6. The normalized spacial score (nSPS) is 10.7. The van der Waals surface area contributed by atoms with Crippen LogP contribution in [0.2, 0.25) is 0 Å². The van der Waals surface area contributed by atoms with Crippen molar-refractivity contribution in [1.82, 2.24) is 77.1 Å². The number of hydrogen-bond acceptors (Lipinski definition) is 33. The van der Waals surface area contributed by atoms with Gasteiger partial charge in [-0.05, 0) is 51.9 Å². The van der Waals surface area contributed by atoms with Gasteiger partial charge in [0.1, 0.15) is 85.9 Å². The molecule has 0 fully saturated rings. The van der Waals surface area contributed by atoms with E-state index in [4.69, 9.17) is 71.7 Å². The van der Waals surface area contributed by atoms with Gasteiger partial charge in [0.15, 0.2) is 32.1 Å².